The van der Waals surface area contributed by atoms with Crippen LogP contribution in [0.1, 0.15) is 30.4 Å². The lowest BCUT2D eigenvalue weighted by Gasteiger charge is -2.31. The molecule has 5 heteroatoms. The summed E-state index contributed by atoms with van der Waals surface area (Å²) in [6, 6.07) is 5.77. The Kier molecular flexibility index (Phi) is 5.27. The molecule has 2 nitrogen and oxygen atoms in total. The van der Waals surface area contributed by atoms with Gasteiger partial charge in [-0.15, -0.1) is 0 Å². The van der Waals surface area contributed by atoms with E-state index in [1.165, 1.54) is 12.1 Å². The van der Waals surface area contributed by atoms with Gasteiger partial charge in [0.15, 0.2) is 0 Å². The van der Waals surface area contributed by atoms with Crippen LogP contribution in [0.4, 0.5) is 13.2 Å². The molecule has 0 radical (unpaired) electrons. The predicted molar refractivity (Wildman–Crippen MR) is 79.3 cm³/mol. The third-order valence-electron chi connectivity index (χ3n) is 4.25. The first-order valence-electron chi connectivity index (χ1n) is 7.48. The number of carbonyl (C=O) groups excluding carboxylic acids is 1. The van der Waals surface area contributed by atoms with Gasteiger partial charge in [-0.25, -0.2) is 0 Å². The average molecular weight is 311 g/mol. The summed E-state index contributed by atoms with van der Waals surface area (Å²) in [5.74, 6) is 0.302. The second-order valence-electron chi connectivity index (χ2n) is 5.67. The van der Waals surface area contributed by atoms with Crippen LogP contribution >= 0.6 is 0 Å². The highest BCUT2D eigenvalue weighted by atomic mass is 19.4. The molecule has 0 saturated carbocycles. The largest absolute Gasteiger partial charge is 0.416 e. The highest BCUT2D eigenvalue weighted by Crippen LogP contribution is 2.33. The Morgan fingerprint density at radius 2 is 1.91 bits per heavy atom. The summed E-state index contributed by atoms with van der Waals surface area (Å²) in [4.78, 5) is 13.2. The minimum atomic E-state index is -4.30. The van der Waals surface area contributed by atoms with Crippen molar-refractivity contribution in [3.63, 3.8) is 0 Å². The van der Waals surface area contributed by atoms with Crippen molar-refractivity contribution in [2.75, 3.05) is 13.1 Å². The fraction of sp³-hybridized carbons (Fsp3) is 0.471. The number of piperidine rings is 1. The van der Waals surface area contributed by atoms with Gasteiger partial charge in [-0.05, 0) is 49.3 Å². The number of rotatable bonds is 4. The molecule has 0 aromatic heterocycles. The van der Waals surface area contributed by atoms with Crippen LogP contribution in [0.15, 0.2) is 36.9 Å². The van der Waals surface area contributed by atoms with Crippen LogP contribution in [0.5, 0.6) is 0 Å². The molecule has 1 aliphatic heterocycles. The number of carbonyl (C=O) groups is 1. The SMILES string of the molecule is C=CC(=O)N1CCC(CCc2ccccc2C(F)(F)F)CC1. The molecule has 1 saturated heterocycles. The molecule has 2 rings (SSSR count). The van der Waals surface area contributed by atoms with Crippen molar-refractivity contribution in [2.45, 2.75) is 31.9 Å². The van der Waals surface area contributed by atoms with Crippen LogP contribution in [0.3, 0.4) is 0 Å². The highest BCUT2D eigenvalue weighted by Gasteiger charge is 2.33. The quantitative estimate of drug-likeness (QED) is 0.768. The summed E-state index contributed by atoms with van der Waals surface area (Å²) in [5.41, 5.74) is -0.172. The van der Waals surface area contributed by atoms with Crippen LogP contribution in [0.2, 0.25) is 0 Å². The van der Waals surface area contributed by atoms with E-state index >= 15 is 0 Å². The Bertz CT molecular complexity index is 531. The van der Waals surface area contributed by atoms with Gasteiger partial charge < -0.3 is 4.90 Å². The molecule has 0 aliphatic carbocycles. The smallest absolute Gasteiger partial charge is 0.339 e. The summed E-state index contributed by atoms with van der Waals surface area (Å²) in [7, 11) is 0. The van der Waals surface area contributed by atoms with E-state index < -0.39 is 11.7 Å². The Balaban J connectivity index is 1.90. The first-order valence-corrected chi connectivity index (χ1v) is 7.48. The molecule has 1 aromatic carbocycles. The minimum Gasteiger partial charge on any atom is -0.339 e. The number of alkyl halides is 3. The molecule has 0 N–H and O–H groups in total. The molecule has 0 spiro atoms. The normalized spacial score (nSPS) is 16.6. The van der Waals surface area contributed by atoms with E-state index in [0.717, 1.165) is 25.3 Å². The first kappa shape index (κ1) is 16.6. The van der Waals surface area contributed by atoms with E-state index in [1.54, 1.807) is 17.0 Å². The van der Waals surface area contributed by atoms with Crippen LogP contribution in [-0.2, 0) is 17.4 Å². The van der Waals surface area contributed by atoms with E-state index in [-0.39, 0.29) is 5.91 Å². The fourth-order valence-electron chi connectivity index (χ4n) is 2.95. The van der Waals surface area contributed by atoms with Gasteiger partial charge in [0, 0.05) is 13.1 Å². The van der Waals surface area contributed by atoms with Crippen molar-refractivity contribution >= 4 is 5.91 Å². The van der Waals surface area contributed by atoms with E-state index in [0.29, 0.717) is 31.0 Å². The molecule has 1 aliphatic rings. The Hall–Kier alpha value is -1.78. The van der Waals surface area contributed by atoms with Crippen LogP contribution in [0.25, 0.3) is 0 Å². The number of hydrogen-bond donors (Lipinski definition) is 0. The molecular formula is C17H20F3NO. The molecule has 1 amide bonds. The highest BCUT2D eigenvalue weighted by molar-refractivity contribution is 5.87. The Labute approximate surface area is 128 Å². The molecule has 0 atom stereocenters. The van der Waals surface area contributed by atoms with Gasteiger partial charge in [-0.2, -0.15) is 13.2 Å². The number of amides is 1. The van der Waals surface area contributed by atoms with Gasteiger partial charge in [-0.3, -0.25) is 4.79 Å². The Morgan fingerprint density at radius 3 is 2.50 bits per heavy atom. The van der Waals surface area contributed by atoms with Gasteiger partial charge in [0.05, 0.1) is 5.56 Å². The van der Waals surface area contributed by atoms with Crippen LogP contribution < -0.4 is 0 Å². The molecule has 120 valence electrons. The molecule has 22 heavy (non-hydrogen) atoms. The van der Waals surface area contributed by atoms with Crippen molar-refractivity contribution < 1.29 is 18.0 Å². The number of hydrogen-bond acceptors (Lipinski definition) is 1. The number of likely N-dealkylation sites (tertiary alicyclic amines) is 1. The number of nitrogens with zero attached hydrogens (tertiary/aromatic N) is 1. The molecule has 1 heterocycles. The van der Waals surface area contributed by atoms with E-state index in [2.05, 4.69) is 6.58 Å². The second-order valence-corrected chi connectivity index (χ2v) is 5.67. The van der Waals surface area contributed by atoms with Crippen molar-refractivity contribution in [1.82, 2.24) is 4.90 Å². The third-order valence-corrected chi connectivity index (χ3v) is 4.25. The third kappa shape index (κ3) is 4.12. The van der Waals surface area contributed by atoms with Crippen LogP contribution in [0, 0.1) is 5.92 Å². The summed E-state index contributed by atoms with van der Waals surface area (Å²) in [5, 5.41) is 0. The van der Waals surface area contributed by atoms with Gasteiger partial charge in [0.25, 0.3) is 0 Å². The fourth-order valence-corrected chi connectivity index (χ4v) is 2.95. The maximum Gasteiger partial charge on any atom is 0.416 e. The minimum absolute atomic E-state index is 0.0686. The number of halogens is 3. The standard InChI is InChI=1S/C17H20F3NO/c1-2-16(22)21-11-9-13(10-12-21)7-8-14-5-3-4-6-15(14)17(18,19)20/h2-6,13H,1,7-12H2. The van der Waals surface area contributed by atoms with E-state index in [9.17, 15) is 18.0 Å². The monoisotopic (exact) mass is 311 g/mol. The maximum absolute atomic E-state index is 12.9. The first-order chi connectivity index (χ1) is 10.4. The zero-order valence-electron chi connectivity index (χ0n) is 12.4. The average Bonchev–Trinajstić information content (AvgIpc) is 2.52. The lowest BCUT2D eigenvalue weighted by molar-refractivity contribution is -0.138. The number of benzene rings is 1. The molecule has 1 aromatic rings. The summed E-state index contributed by atoms with van der Waals surface area (Å²) >= 11 is 0. The van der Waals surface area contributed by atoms with E-state index in [4.69, 9.17) is 0 Å². The summed E-state index contributed by atoms with van der Waals surface area (Å²) in [6.07, 6.45) is -0.156. The topological polar surface area (TPSA) is 20.3 Å². The van der Waals surface area contributed by atoms with Gasteiger partial charge in [0.1, 0.15) is 0 Å². The Morgan fingerprint density at radius 1 is 1.27 bits per heavy atom. The molecule has 1 fully saturated rings. The lowest BCUT2D eigenvalue weighted by Crippen LogP contribution is -2.37. The molecular weight excluding hydrogens is 291 g/mol. The maximum atomic E-state index is 12.9. The number of aryl methyl sites for hydroxylation is 1. The van der Waals surface area contributed by atoms with Gasteiger partial charge in [0.2, 0.25) is 5.91 Å². The second kappa shape index (κ2) is 6.99. The van der Waals surface area contributed by atoms with Gasteiger partial charge >= 0.3 is 6.18 Å². The van der Waals surface area contributed by atoms with Crippen LogP contribution in [-0.4, -0.2) is 23.9 Å². The van der Waals surface area contributed by atoms with Crippen molar-refractivity contribution in [3.8, 4) is 0 Å². The molecule has 0 unspecified atom stereocenters. The van der Waals surface area contributed by atoms with Crippen molar-refractivity contribution in [3.05, 3.63) is 48.0 Å². The van der Waals surface area contributed by atoms with Crippen molar-refractivity contribution in [2.24, 2.45) is 5.92 Å². The predicted octanol–water partition coefficient (Wildman–Crippen LogP) is 4.06. The zero-order valence-corrected chi connectivity index (χ0v) is 12.4. The lowest BCUT2D eigenvalue weighted by atomic mass is 9.89. The van der Waals surface area contributed by atoms with Crippen molar-refractivity contribution in [1.29, 1.82) is 0 Å². The summed E-state index contributed by atoms with van der Waals surface area (Å²) < 4.78 is 38.8. The zero-order chi connectivity index (χ0) is 16.2. The summed E-state index contributed by atoms with van der Waals surface area (Å²) in [6.45, 7) is 4.79. The van der Waals surface area contributed by atoms with Gasteiger partial charge in [-0.1, -0.05) is 24.8 Å². The molecule has 0 bridgehead atoms. The van der Waals surface area contributed by atoms with E-state index in [1.807, 2.05) is 0 Å².